The number of sulfonamides is 1. The number of hydrogen-bond donors (Lipinski definition) is 1. The monoisotopic (exact) mass is 485 g/mol. The number of amides is 1. The van der Waals surface area contributed by atoms with Gasteiger partial charge < -0.3 is 5.32 Å². The summed E-state index contributed by atoms with van der Waals surface area (Å²) >= 11 is 8.66. The predicted octanol–water partition coefficient (Wildman–Crippen LogP) is 4.70. The molecule has 2 aromatic heterocycles. The lowest BCUT2D eigenvalue weighted by Gasteiger charge is -2.30. The molecule has 3 heterocycles. The number of thiophene rings is 1. The van der Waals surface area contributed by atoms with Crippen molar-refractivity contribution in [3.05, 3.63) is 51.9 Å². The number of hydrogen-bond acceptors (Lipinski definition) is 6. The summed E-state index contributed by atoms with van der Waals surface area (Å²) in [7, 11) is -3.79. The number of carbonyl (C=O) groups is 1. The Morgan fingerprint density at radius 2 is 2.00 bits per heavy atom. The Bertz CT molecular complexity index is 1160. The van der Waals surface area contributed by atoms with Crippen LogP contribution in [0.25, 0.3) is 10.6 Å². The summed E-state index contributed by atoms with van der Waals surface area (Å²) in [4.78, 5) is 18.0. The highest BCUT2D eigenvalue weighted by Gasteiger charge is 2.32. The van der Waals surface area contributed by atoms with Crippen LogP contribution in [0.5, 0.6) is 0 Å². The van der Waals surface area contributed by atoms with Gasteiger partial charge in [0.2, 0.25) is 15.9 Å². The third-order valence-electron chi connectivity index (χ3n) is 4.86. The lowest BCUT2D eigenvalue weighted by atomic mass is 9.97. The number of aromatic nitrogens is 1. The molecule has 6 nitrogen and oxygen atoms in total. The van der Waals surface area contributed by atoms with Crippen molar-refractivity contribution in [3.8, 4) is 10.6 Å². The molecule has 0 spiro atoms. The molecular formula is C19H17ClFN3O3S3. The van der Waals surface area contributed by atoms with Crippen molar-refractivity contribution in [3.63, 3.8) is 0 Å². The highest BCUT2D eigenvalue weighted by Crippen LogP contribution is 2.30. The zero-order valence-corrected chi connectivity index (χ0v) is 18.8. The van der Waals surface area contributed by atoms with E-state index in [9.17, 15) is 17.6 Å². The molecule has 1 saturated heterocycles. The van der Waals surface area contributed by atoms with Gasteiger partial charge in [-0.05, 0) is 42.5 Å². The van der Waals surface area contributed by atoms with Crippen LogP contribution in [0.4, 0.5) is 9.52 Å². The summed E-state index contributed by atoms with van der Waals surface area (Å²) in [5.41, 5.74) is 0.823. The summed E-state index contributed by atoms with van der Waals surface area (Å²) in [6.07, 6.45) is 0.784. The van der Waals surface area contributed by atoms with Gasteiger partial charge in [-0.2, -0.15) is 4.31 Å². The maximum absolute atomic E-state index is 13.3. The van der Waals surface area contributed by atoms with Gasteiger partial charge in [0.25, 0.3) is 0 Å². The quantitative estimate of drug-likeness (QED) is 0.568. The fourth-order valence-corrected chi connectivity index (χ4v) is 6.44. The Morgan fingerprint density at radius 3 is 2.67 bits per heavy atom. The minimum Gasteiger partial charge on any atom is -0.302 e. The number of nitrogens with one attached hydrogen (secondary N) is 1. The van der Waals surface area contributed by atoms with Crippen LogP contribution in [0, 0.1) is 11.7 Å². The van der Waals surface area contributed by atoms with Gasteiger partial charge >= 0.3 is 0 Å². The molecule has 1 aliphatic heterocycles. The topological polar surface area (TPSA) is 79.4 Å². The second kappa shape index (κ2) is 8.72. The number of piperidine rings is 1. The van der Waals surface area contributed by atoms with Gasteiger partial charge in [-0.25, -0.2) is 17.8 Å². The molecule has 30 heavy (non-hydrogen) atoms. The van der Waals surface area contributed by atoms with Gasteiger partial charge in [0.1, 0.15) is 5.82 Å². The predicted molar refractivity (Wildman–Crippen MR) is 117 cm³/mol. The van der Waals surface area contributed by atoms with E-state index >= 15 is 0 Å². The zero-order chi connectivity index (χ0) is 21.3. The first-order valence-corrected chi connectivity index (χ1v) is 12.7. The number of benzene rings is 1. The number of nitrogens with zero attached hydrogens (tertiary/aromatic N) is 2. The van der Waals surface area contributed by atoms with Crippen molar-refractivity contribution in [2.24, 2.45) is 5.92 Å². The summed E-state index contributed by atoms with van der Waals surface area (Å²) in [5.74, 6) is -1.14. The molecule has 0 atom stereocenters. The average molecular weight is 486 g/mol. The molecule has 0 unspecified atom stereocenters. The highest BCUT2D eigenvalue weighted by molar-refractivity contribution is 7.89. The van der Waals surface area contributed by atoms with E-state index in [1.807, 2.05) is 22.9 Å². The van der Waals surface area contributed by atoms with Gasteiger partial charge in [-0.15, -0.1) is 22.7 Å². The van der Waals surface area contributed by atoms with Crippen molar-refractivity contribution < 1.29 is 17.6 Å². The Labute approximate surface area is 186 Å². The Balaban J connectivity index is 1.37. The smallest absolute Gasteiger partial charge is 0.243 e. The number of thiazole rings is 1. The van der Waals surface area contributed by atoms with E-state index < -0.39 is 15.8 Å². The molecule has 0 bridgehead atoms. The molecule has 0 radical (unpaired) electrons. The van der Waals surface area contributed by atoms with Crippen molar-refractivity contribution >= 4 is 55.3 Å². The van der Waals surface area contributed by atoms with Crippen molar-refractivity contribution in [2.75, 3.05) is 18.4 Å². The molecular weight excluding hydrogens is 469 g/mol. The first-order valence-electron chi connectivity index (χ1n) is 9.10. The molecule has 1 N–H and O–H groups in total. The third-order valence-corrected chi connectivity index (χ3v) is 8.70. The number of anilines is 1. The van der Waals surface area contributed by atoms with E-state index in [1.165, 1.54) is 21.7 Å². The van der Waals surface area contributed by atoms with E-state index in [4.69, 9.17) is 11.6 Å². The van der Waals surface area contributed by atoms with Gasteiger partial charge in [0, 0.05) is 24.4 Å². The van der Waals surface area contributed by atoms with Crippen LogP contribution in [0.15, 0.2) is 46.0 Å². The van der Waals surface area contributed by atoms with E-state index in [-0.39, 0.29) is 34.8 Å². The first kappa shape index (κ1) is 21.4. The average Bonchev–Trinajstić information content (AvgIpc) is 3.42. The first-order chi connectivity index (χ1) is 14.3. The van der Waals surface area contributed by atoms with Gasteiger partial charge in [0.05, 0.1) is 20.5 Å². The molecule has 158 valence electrons. The Hall–Kier alpha value is -1.85. The molecule has 0 aliphatic carbocycles. The van der Waals surface area contributed by atoms with E-state index in [1.54, 1.807) is 11.3 Å². The molecule has 0 saturated carbocycles. The SMILES string of the molecule is O=C(Nc1nc(-c2cccs2)cs1)C1CCN(S(=O)(=O)c2ccc(F)c(Cl)c2)CC1. The van der Waals surface area contributed by atoms with Crippen molar-refractivity contribution in [1.29, 1.82) is 0 Å². The minimum absolute atomic E-state index is 0.0549. The van der Waals surface area contributed by atoms with Crippen molar-refractivity contribution in [1.82, 2.24) is 9.29 Å². The molecule has 4 rings (SSSR count). The molecule has 1 aliphatic rings. The van der Waals surface area contributed by atoms with Crippen molar-refractivity contribution in [2.45, 2.75) is 17.7 Å². The van der Waals surface area contributed by atoms with Gasteiger partial charge in [-0.1, -0.05) is 17.7 Å². The fourth-order valence-electron chi connectivity index (χ4n) is 3.22. The van der Waals surface area contributed by atoms with Gasteiger partial charge in [0.15, 0.2) is 5.13 Å². The zero-order valence-electron chi connectivity index (χ0n) is 15.5. The second-order valence-electron chi connectivity index (χ2n) is 6.76. The molecule has 11 heteroatoms. The molecule has 3 aromatic rings. The lowest BCUT2D eigenvalue weighted by molar-refractivity contribution is -0.120. The van der Waals surface area contributed by atoms with Crippen LogP contribution >= 0.6 is 34.3 Å². The highest BCUT2D eigenvalue weighted by atomic mass is 35.5. The van der Waals surface area contributed by atoms with Crippen LogP contribution in [0.3, 0.4) is 0 Å². The van der Waals surface area contributed by atoms with Crippen LogP contribution < -0.4 is 5.32 Å². The number of halogens is 2. The van der Waals surface area contributed by atoms with Crippen LogP contribution in [0.1, 0.15) is 12.8 Å². The van der Waals surface area contributed by atoms with E-state index in [0.29, 0.717) is 18.0 Å². The summed E-state index contributed by atoms with van der Waals surface area (Å²) in [6, 6.07) is 7.25. The van der Waals surface area contributed by atoms with Crippen LogP contribution in [0.2, 0.25) is 5.02 Å². The summed E-state index contributed by atoms with van der Waals surface area (Å²) in [6.45, 7) is 0.404. The third kappa shape index (κ3) is 4.42. The van der Waals surface area contributed by atoms with Crippen LogP contribution in [-0.2, 0) is 14.8 Å². The fraction of sp³-hybridized carbons (Fsp3) is 0.263. The second-order valence-corrected chi connectivity index (χ2v) is 10.9. The van der Waals surface area contributed by atoms with Crippen LogP contribution in [-0.4, -0.2) is 36.7 Å². The lowest BCUT2D eigenvalue weighted by Crippen LogP contribution is -2.41. The van der Waals surface area contributed by atoms with E-state index in [2.05, 4.69) is 10.3 Å². The molecule has 1 aromatic carbocycles. The maximum atomic E-state index is 13.3. The molecule has 1 fully saturated rings. The number of carbonyl (C=O) groups excluding carboxylic acids is 1. The minimum atomic E-state index is -3.79. The van der Waals surface area contributed by atoms with E-state index in [0.717, 1.165) is 22.7 Å². The Kier molecular flexibility index (Phi) is 6.21. The number of rotatable bonds is 5. The van der Waals surface area contributed by atoms with Gasteiger partial charge in [-0.3, -0.25) is 4.79 Å². The maximum Gasteiger partial charge on any atom is 0.243 e. The molecule has 1 amide bonds. The summed E-state index contributed by atoms with van der Waals surface area (Å²) < 4.78 is 40.2. The Morgan fingerprint density at radius 1 is 1.23 bits per heavy atom. The summed E-state index contributed by atoms with van der Waals surface area (Å²) in [5, 5.41) is 6.99. The largest absolute Gasteiger partial charge is 0.302 e. The normalized spacial score (nSPS) is 15.9. The standard InChI is InChI=1S/C19H17ClFN3O3S3/c20-14-10-13(3-4-15(14)21)30(26,27)24-7-5-12(6-8-24)18(25)23-19-22-16(11-29-19)17-2-1-9-28-17/h1-4,9-12H,5-8H2,(H,22,23,25).